The van der Waals surface area contributed by atoms with Gasteiger partial charge in [0.15, 0.2) is 0 Å². The second-order valence-electron chi connectivity index (χ2n) is 5.10. The summed E-state index contributed by atoms with van der Waals surface area (Å²) < 4.78 is 10.5. The van der Waals surface area contributed by atoms with Crippen LogP contribution in [0.3, 0.4) is 0 Å². The zero-order valence-corrected chi connectivity index (χ0v) is 11.6. The average molecular weight is 263 g/mol. The summed E-state index contributed by atoms with van der Waals surface area (Å²) in [6.07, 6.45) is 2.44. The summed E-state index contributed by atoms with van der Waals surface area (Å²) in [5, 5.41) is 0. The molecule has 0 aliphatic carbocycles. The van der Waals surface area contributed by atoms with E-state index in [1.54, 1.807) is 12.1 Å². The van der Waals surface area contributed by atoms with Crippen LogP contribution in [-0.4, -0.2) is 44.7 Å². The van der Waals surface area contributed by atoms with Crippen LogP contribution in [-0.2, 0) is 4.74 Å². The van der Waals surface area contributed by atoms with Gasteiger partial charge in [0.1, 0.15) is 5.75 Å². The van der Waals surface area contributed by atoms with Gasteiger partial charge in [-0.05, 0) is 44.6 Å². The summed E-state index contributed by atoms with van der Waals surface area (Å²) in [7, 11) is 3.53. The molecule has 19 heavy (non-hydrogen) atoms. The van der Waals surface area contributed by atoms with Crippen LogP contribution in [0.2, 0.25) is 0 Å². The summed E-state index contributed by atoms with van der Waals surface area (Å²) in [6.45, 7) is 2.96. The maximum atomic E-state index is 11.4. The molecule has 0 spiro atoms. The summed E-state index contributed by atoms with van der Waals surface area (Å²) >= 11 is 0. The van der Waals surface area contributed by atoms with Crippen LogP contribution in [0.15, 0.2) is 24.3 Å². The first kappa shape index (κ1) is 13.9. The van der Waals surface area contributed by atoms with Crippen molar-refractivity contribution in [2.24, 2.45) is 5.92 Å². The molecule has 0 radical (unpaired) electrons. The molecular weight excluding hydrogens is 242 g/mol. The minimum atomic E-state index is -0.331. The first-order valence-corrected chi connectivity index (χ1v) is 6.69. The molecule has 0 amide bonds. The molecule has 0 saturated carbocycles. The standard InChI is InChI=1S/C15H21NO3/c1-16-8-4-5-12(10-16)11-19-14-7-3-6-13(9-14)15(17)18-2/h3,6-7,9,12H,4-5,8,10-11H2,1-2H3. The molecule has 1 unspecified atom stereocenters. The number of nitrogens with zero attached hydrogens (tertiary/aromatic N) is 1. The summed E-state index contributed by atoms with van der Waals surface area (Å²) in [6, 6.07) is 7.15. The van der Waals surface area contributed by atoms with Crippen LogP contribution in [0.1, 0.15) is 23.2 Å². The zero-order valence-electron chi connectivity index (χ0n) is 11.6. The Balaban J connectivity index is 1.90. The molecule has 1 aromatic rings. The second-order valence-corrected chi connectivity index (χ2v) is 5.10. The Kier molecular flexibility index (Phi) is 4.80. The fourth-order valence-corrected chi connectivity index (χ4v) is 2.45. The van der Waals surface area contributed by atoms with E-state index < -0.39 is 0 Å². The molecule has 1 aliphatic rings. The molecule has 0 bridgehead atoms. The molecule has 4 nitrogen and oxygen atoms in total. The molecule has 104 valence electrons. The van der Waals surface area contributed by atoms with Gasteiger partial charge in [0.25, 0.3) is 0 Å². The fraction of sp³-hybridized carbons (Fsp3) is 0.533. The predicted octanol–water partition coefficient (Wildman–Crippen LogP) is 2.19. The van der Waals surface area contributed by atoms with E-state index >= 15 is 0 Å². The van der Waals surface area contributed by atoms with Crippen molar-refractivity contribution in [3.63, 3.8) is 0 Å². The highest BCUT2D eigenvalue weighted by molar-refractivity contribution is 5.89. The summed E-state index contributed by atoms with van der Waals surface area (Å²) in [4.78, 5) is 13.8. The number of likely N-dealkylation sites (tertiary alicyclic amines) is 1. The summed E-state index contributed by atoms with van der Waals surface area (Å²) in [5.41, 5.74) is 0.528. The quantitative estimate of drug-likeness (QED) is 0.781. The van der Waals surface area contributed by atoms with Crippen molar-refractivity contribution in [2.45, 2.75) is 12.8 Å². The number of benzene rings is 1. The van der Waals surface area contributed by atoms with Gasteiger partial charge < -0.3 is 14.4 Å². The third-order valence-electron chi connectivity index (χ3n) is 3.46. The fourth-order valence-electron chi connectivity index (χ4n) is 2.45. The number of methoxy groups -OCH3 is 1. The van der Waals surface area contributed by atoms with E-state index in [1.807, 2.05) is 12.1 Å². The minimum absolute atomic E-state index is 0.331. The first-order valence-electron chi connectivity index (χ1n) is 6.69. The molecule has 1 saturated heterocycles. The van der Waals surface area contributed by atoms with E-state index in [-0.39, 0.29) is 5.97 Å². The molecular formula is C15H21NO3. The topological polar surface area (TPSA) is 38.8 Å². The van der Waals surface area contributed by atoms with Crippen molar-refractivity contribution in [1.29, 1.82) is 0 Å². The van der Waals surface area contributed by atoms with Gasteiger partial charge in [0, 0.05) is 12.5 Å². The lowest BCUT2D eigenvalue weighted by molar-refractivity contribution is 0.0600. The molecule has 2 rings (SSSR count). The van der Waals surface area contributed by atoms with E-state index in [0.29, 0.717) is 18.1 Å². The SMILES string of the molecule is COC(=O)c1cccc(OCC2CCCN(C)C2)c1. The van der Waals surface area contributed by atoms with Gasteiger partial charge in [0.05, 0.1) is 19.3 Å². The Morgan fingerprint density at radius 3 is 3.05 bits per heavy atom. The zero-order chi connectivity index (χ0) is 13.7. The highest BCUT2D eigenvalue weighted by Crippen LogP contribution is 2.19. The van der Waals surface area contributed by atoms with E-state index in [1.165, 1.54) is 26.5 Å². The van der Waals surface area contributed by atoms with Gasteiger partial charge in [0.2, 0.25) is 0 Å². The monoisotopic (exact) mass is 263 g/mol. The normalized spacial score (nSPS) is 20.0. The van der Waals surface area contributed by atoms with Crippen LogP contribution in [0.5, 0.6) is 5.75 Å². The average Bonchev–Trinajstić information content (AvgIpc) is 2.45. The van der Waals surface area contributed by atoms with Gasteiger partial charge in [-0.1, -0.05) is 6.07 Å². The van der Waals surface area contributed by atoms with Gasteiger partial charge in [-0.3, -0.25) is 0 Å². The number of piperidine rings is 1. The van der Waals surface area contributed by atoms with Crippen molar-refractivity contribution >= 4 is 5.97 Å². The molecule has 1 aliphatic heterocycles. The molecule has 0 N–H and O–H groups in total. The largest absolute Gasteiger partial charge is 0.493 e. The lowest BCUT2D eigenvalue weighted by atomic mass is 9.99. The molecule has 0 aromatic heterocycles. The number of carbonyl (C=O) groups excluding carboxylic acids is 1. The summed E-state index contributed by atoms with van der Waals surface area (Å²) in [5.74, 6) is 0.972. The Morgan fingerprint density at radius 2 is 2.32 bits per heavy atom. The lowest BCUT2D eigenvalue weighted by Gasteiger charge is -2.29. The van der Waals surface area contributed by atoms with Crippen molar-refractivity contribution in [3.8, 4) is 5.75 Å². The van der Waals surface area contributed by atoms with E-state index in [0.717, 1.165) is 12.3 Å². The Labute approximate surface area is 114 Å². The highest BCUT2D eigenvalue weighted by atomic mass is 16.5. The van der Waals surface area contributed by atoms with Crippen LogP contribution >= 0.6 is 0 Å². The van der Waals surface area contributed by atoms with Gasteiger partial charge in [-0.15, -0.1) is 0 Å². The van der Waals surface area contributed by atoms with Crippen molar-refractivity contribution in [3.05, 3.63) is 29.8 Å². The maximum absolute atomic E-state index is 11.4. The van der Waals surface area contributed by atoms with Crippen molar-refractivity contribution in [2.75, 3.05) is 33.9 Å². The number of esters is 1. The number of hydrogen-bond donors (Lipinski definition) is 0. The Hall–Kier alpha value is -1.55. The number of rotatable bonds is 4. The minimum Gasteiger partial charge on any atom is -0.493 e. The van der Waals surface area contributed by atoms with Gasteiger partial charge in [-0.25, -0.2) is 4.79 Å². The van der Waals surface area contributed by atoms with Crippen LogP contribution < -0.4 is 4.74 Å². The molecule has 1 atom stereocenters. The van der Waals surface area contributed by atoms with E-state index in [9.17, 15) is 4.79 Å². The van der Waals surface area contributed by atoms with Crippen LogP contribution in [0.4, 0.5) is 0 Å². The third-order valence-corrected chi connectivity index (χ3v) is 3.46. The number of hydrogen-bond acceptors (Lipinski definition) is 4. The molecule has 4 heteroatoms. The Morgan fingerprint density at radius 1 is 1.47 bits per heavy atom. The Bertz CT molecular complexity index is 433. The van der Waals surface area contributed by atoms with Crippen molar-refractivity contribution < 1.29 is 14.3 Å². The highest BCUT2D eigenvalue weighted by Gasteiger charge is 2.17. The van der Waals surface area contributed by atoms with E-state index in [2.05, 4.69) is 11.9 Å². The smallest absolute Gasteiger partial charge is 0.337 e. The van der Waals surface area contributed by atoms with Crippen LogP contribution in [0, 0.1) is 5.92 Å². The predicted molar refractivity (Wildman–Crippen MR) is 73.5 cm³/mol. The van der Waals surface area contributed by atoms with E-state index in [4.69, 9.17) is 9.47 Å². The van der Waals surface area contributed by atoms with Crippen molar-refractivity contribution in [1.82, 2.24) is 4.90 Å². The van der Waals surface area contributed by atoms with Gasteiger partial charge >= 0.3 is 5.97 Å². The number of ether oxygens (including phenoxy) is 2. The van der Waals surface area contributed by atoms with Gasteiger partial charge in [-0.2, -0.15) is 0 Å². The van der Waals surface area contributed by atoms with Crippen LogP contribution in [0.25, 0.3) is 0 Å². The molecule has 1 heterocycles. The second kappa shape index (κ2) is 6.57. The molecule has 1 fully saturated rings. The molecule has 1 aromatic carbocycles. The maximum Gasteiger partial charge on any atom is 0.337 e. The number of carbonyl (C=O) groups is 1. The lowest BCUT2D eigenvalue weighted by Crippen LogP contribution is -2.34. The first-order chi connectivity index (χ1) is 9.19. The third kappa shape index (κ3) is 3.96.